The van der Waals surface area contributed by atoms with Gasteiger partial charge in [0.15, 0.2) is 0 Å². The van der Waals surface area contributed by atoms with Crippen molar-refractivity contribution < 1.29 is 24.0 Å². The van der Waals surface area contributed by atoms with E-state index < -0.39 is 28.6 Å². The maximum absolute atomic E-state index is 12.4. The molecule has 0 heterocycles. The van der Waals surface area contributed by atoms with Crippen LogP contribution in [-0.2, 0) is 9.53 Å². The van der Waals surface area contributed by atoms with Crippen molar-refractivity contribution in [3.63, 3.8) is 0 Å². The number of ether oxygens (including phenoxy) is 2. The van der Waals surface area contributed by atoms with Gasteiger partial charge in [0.25, 0.3) is 5.69 Å². The first kappa shape index (κ1) is 21.7. The van der Waals surface area contributed by atoms with Gasteiger partial charge in [0, 0.05) is 24.6 Å². The summed E-state index contributed by atoms with van der Waals surface area (Å²) in [5.74, 6) is -0.211. The van der Waals surface area contributed by atoms with Gasteiger partial charge in [-0.05, 0) is 46.2 Å². The topological polar surface area (TPSA) is 99.0 Å². The van der Waals surface area contributed by atoms with E-state index >= 15 is 0 Å². The van der Waals surface area contributed by atoms with Crippen LogP contribution in [0.25, 0.3) is 0 Å². The third-order valence-corrected chi connectivity index (χ3v) is 3.50. The number of hydrogen-bond donors (Lipinski definition) is 0. The summed E-state index contributed by atoms with van der Waals surface area (Å²) in [4.78, 5) is 36.1. The quantitative estimate of drug-likeness (QED) is 0.232. The zero-order chi connectivity index (χ0) is 19.9. The van der Waals surface area contributed by atoms with Gasteiger partial charge in [-0.25, -0.2) is 9.59 Å². The van der Waals surface area contributed by atoms with E-state index in [1.807, 2.05) is 0 Å². The van der Waals surface area contributed by atoms with Gasteiger partial charge in [-0.3, -0.25) is 15.0 Å². The Hall–Kier alpha value is -2.35. The molecule has 1 aromatic carbocycles. The lowest BCUT2D eigenvalue weighted by Gasteiger charge is -2.30. The normalized spacial score (nSPS) is 12.2. The highest BCUT2D eigenvalue weighted by atomic mass is 35.5. The van der Waals surface area contributed by atoms with Crippen molar-refractivity contribution in [3.8, 4) is 5.75 Å². The predicted molar refractivity (Wildman–Crippen MR) is 96.5 cm³/mol. The van der Waals surface area contributed by atoms with Crippen LogP contribution in [0.15, 0.2) is 24.3 Å². The summed E-state index contributed by atoms with van der Waals surface area (Å²) in [6.07, 6.45) is -0.161. The number of rotatable bonds is 7. The largest absolute Gasteiger partial charge is 0.444 e. The van der Waals surface area contributed by atoms with E-state index in [4.69, 9.17) is 21.1 Å². The molecule has 0 aliphatic heterocycles. The fraction of sp³-hybridized carbons (Fsp3) is 0.529. The van der Waals surface area contributed by atoms with Crippen LogP contribution < -0.4 is 4.74 Å². The Balaban J connectivity index is 2.84. The van der Waals surface area contributed by atoms with Gasteiger partial charge in [-0.1, -0.05) is 0 Å². The number of alkyl halides is 1. The number of non-ortho nitro benzene ring substituents is 1. The van der Waals surface area contributed by atoms with Crippen LogP contribution in [0.4, 0.5) is 10.5 Å². The minimum absolute atomic E-state index is 0.115. The lowest BCUT2D eigenvalue weighted by molar-refractivity contribution is -0.384. The third kappa shape index (κ3) is 6.87. The lowest BCUT2D eigenvalue weighted by atomic mass is 10.2. The maximum Gasteiger partial charge on any atom is 0.411 e. The Morgan fingerprint density at radius 1 is 1.27 bits per heavy atom. The summed E-state index contributed by atoms with van der Waals surface area (Å²) in [5, 5.41) is 10.7. The molecule has 0 unspecified atom stereocenters. The molecule has 144 valence electrons. The second kappa shape index (κ2) is 9.38. The molecule has 0 aliphatic carbocycles. The molecular formula is C17H23ClN2O6. The number of halogens is 1. The molecule has 1 aromatic rings. The zero-order valence-corrected chi connectivity index (χ0v) is 16.0. The highest BCUT2D eigenvalue weighted by molar-refractivity contribution is 6.17. The van der Waals surface area contributed by atoms with E-state index in [0.717, 1.165) is 0 Å². The Labute approximate surface area is 157 Å². The minimum atomic E-state index is -0.914. The molecule has 0 spiro atoms. The lowest BCUT2D eigenvalue weighted by Crippen LogP contribution is -2.47. The average molecular weight is 387 g/mol. The molecule has 0 saturated heterocycles. The fourth-order valence-electron chi connectivity index (χ4n) is 1.96. The summed E-state index contributed by atoms with van der Waals surface area (Å²) >= 11 is 5.69. The van der Waals surface area contributed by atoms with E-state index in [1.165, 1.54) is 36.1 Å². The summed E-state index contributed by atoms with van der Waals surface area (Å²) in [6, 6.07) is 4.18. The molecule has 0 N–H and O–H groups in total. The first-order chi connectivity index (χ1) is 12.0. The van der Waals surface area contributed by atoms with Crippen molar-refractivity contribution in [1.82, 2.24) is 4.90 Å². The summed E-state index contributed by atoms with van der Waals surface area (Å²) < 4.78 is 10.5. The van der Waals surface area contributed by atoms with Gasteiger partial charge >= 0.3 is 12.1 Å². The minimum Gasteiger partial charge on any atom is -0.444 e. The van der Waals surface area contributed by atoms with Gasteiger partial charge in [0.05, 0.1) is 4.92 Å². The molecule has 0 radical (unpaired) electrons. The molecule has 1 atom stereocenters. The van der Waals surface area contributed by atoms with Crippen molar-refractivity contribution in [3.05, 3.63) is 34.4 Å². The summed E-state index contributed by atoms with van der Waals surface area (Å²) in [6.45, 7) is 6.93. The van der Waals surface area contributed by atoms with E-state index in [-0.39, 0.29) is 18.0 Å². The molecular weight excluding hydrogens is 364 g/mol. The van der Waals surface area contributed by atoms with Gasteiger partial charge in [-0.2, -0.15) is 0 Å². The second-order valence-electron chi connectivity index (χ2n) is 6.56. The van der Waals surface area contributed by atoms with E-state index in [1.54, 1.807) is 20.8 Å². The number of nitro groups is 1. The van der Waals surface area contributed by atoms with Gasteiger partial charge < -0.3 is 9.47 Å². The SMILES string of the molecule is C[C@@H](C(=O)Oc1ccc([N+](=O)[O-])cc1)N(CCCCl)C(=O)OC(C)(C)C. The summed E-state index contributed by atoms with van der Waals surface area (Å²) in [7, 11) is 0. The van der Waals surface area contributed by atoms with Gasteiger partial charge in [0.1, 0.15) is 17.4 Å². The van der Waals surface area contributed by atoms with Crippen LogP contribution in [0.1, 0.15) is 34.1 Å². The highest BCUT2D eigenvalue weighted by Crippen LogP contribution is 2.19. The van der Waals surface area contributed by atoms with Crippen molar-refractivity contribution in [2.45, 2.75) is 45.8 Å². The van der Waals surface area contributed by atoms with Crippen LogP contribution in [0.3, 0.4) is 0 Å². The fourth-order valence-corrected chi connectivity index (χ4v) is 2.08. The molecule has 0 bridgehead atoms. The Morgan fingerprint density at radius 3 is 2.31 bits per heavy atom. The molecule has 1 amide bonds. The van der Waals surface area contributed by atoms with Crippen molar-refractivity contribution in [1.29, 1.82) is 0 Å². The summed E-state index contributed by atoms with van der Waals surface area (Å²) in [5.41, 5.74) is -0.825. The number of esters is 1. The first-order valence-corrected chi connectivity index (χ1v) is 8.60. The molecule has 0 saturated carbocycles. The van der Waals surface area contributed by atoms with E-state index in [2.05, 4.69) is 0 Å². The average Bonchev–Trinajstić information content (AvgIpc) is 2.53. The van der Waals surface area contributed by atoms with Crippen LogP contribution >= 0.6 is 11.6 Å². The number of carbonyl (C=O) groups excluding carboxylic acids is 2. The number of amides is 1. The van der Waals surface area contributed by atoms with Crippen molar-refractivity contribution in [2.24, 2.45) is 0 Å². The third-order valence-electron chi connectivity index (χ3n) is 3.24. The van der Waals surface area contributed by atoms with Crippen LogP contribution in [-0.4, -0.2) is 46.0 Å². The van der Waals surface area contributed by atoms with E-state index in [9.17, 15) is 19.7 Å². The molecule has 0 aliphatic rings. The zero-order valence-electron chi connectivity index (χ0n) is 15.2. The van der Waals surface area contributed by atoms with Crippen LogP contribution in [0.2, 0.25) is 0 Å². The van der Waals surface area contributed by atoms with Crippen LogP contribution in [0.5, 0.6) is 5.75 Å². The Kier molecular flexibility index (Phi) is 7.82. The predicted octanol–water partition coefficient (Wildman–Crippen LogP) is 3.75. The van der Waals surface area contributed by atoms with Crippen molar-refractivity contribution in [2.75, 3.05) is 12.4 Å². The number of nitro benzene ring substituents is 1. The molecule has 0 fully saturated rings. The van der Waals surface area contributed by atoms with Crippen molar-refractivity contribution >= 4 is 29.4 Å². The second-order valence-corrected chi connectivity index (χ2v) is 6.94. The van der Waals surface area contributed by atoms with E-state index in [0.29, 0.717) is 12.3 Å². The smallest absolute Gasteiger partial charge is 0.411 e. The molecule has 8 nitrogen and oxygen atoms in total. The first-order valence-electron chi connectivity index (χ1n) is 8.07. The van der Waals surface area contributed by atoms with Crippen LogP contribution in [0, 0.1) is 10.1 Å². The van der Waals surface area contributed by atoms with Gasteiger partial charge in [0.2, 0.25) is 0 Å². The maximum atomic E-state index is 12.4. The standard InChI is InChI=1S/C17H23ClN2O6/c1-12(19(11-5-10-18)16(22)26-17(2,3)4)15(21)25-14-8-6-13(7-9-14)20(23)24/h6-9,12H,5,10-11H2,1-4H3/t12-/m0/s1. The van der Waals surface area contributed by atoms with Gasteiger partial charge in [-0.15, -0.1) is 11.6 Å². The Bertz CT molecular complexity index is 642. The molecule has 0 aromatic heterocycles. The highest BCUT2D eigenvalue weighted by Gasteiger charge is 2.30. The Morgan fingerprint density at radius 2 is 1.85 bits per heavy atom. The number of nitrogens with zero attached hydrogens (tertiary/aromatic N) is 2. The molecule has 1 rings (SSSR count). The monoisotopic (exact) mass is 386 g/mol. The molecule has 9 heteroatoms. The number of carbonyl (C=O) groups is 2. The molecule has 26 heavy (non-hydrogen) atoms. The number of hydrogen-bond acceptors (Lipinski definition) is 6. The number of benzene rings is 1.